The van der Waals surface area contributed by atoms with Crippen LogP contribution in [0.5, 0.6) is 0 Å². The lowest BCUT2D eigenvalue weighted by atomic mass is 10.1. The molecule has 1 aliphatic rings. The van der Waals surface area contributed by atoms with Crippen molar-refractivity contribution in [2.75, 3.05) is 12.0 Å². The van der Waals surface area contributed by atoms with Gasteiger partial charge in [0.25, 0.3) is 5.91 Å². The fourth-order valence-electron chi connectivity index (χ4n) is 2.53. The zero-order chi connectivity index (χ0) is 13.7. The first kappa shape index (κ1) is 13.7. The van der Waals surface area contributed by atoms with Crippen molar-refractivity contribution in [2.24, 2.45) is 5.84 Å². The summed E-state index contributed by atoms with van der Waals surface area (Å²) < 4.78 is 0. The highest BCUT2D eigenvalue weighted by Gasteiger charge is 2.25. The van der Waals surface area contributed by atoms with Gasteiger partial charge in [0, 0.05) is 12.6 Å². The van der Waals surface area contributed by atoms with Crippen molar-refractivity contribution in [3.63, 3.8) is 0 Å². The number of nitrogens with zero attached hydrogens (tertiary/aromatic N) is 3. The molecule has 19 heavy (non-hydrogen) atoms. The van der Waals surface area contributed by atoms with Crippen molar-refractivity contribution in [2.45, 2.75) is 45.1 Å². The molecule has 2 rings (SSSR count). The number of anilines is 1. The maximum Gasteiger partial charge on any atom is 0.274 e. The van der Waals surface area contributed by atoms with Crippen LogP contribution in [-0.4, -0.2) is 33.4 Å². The maximum atomic E-state index is 12.5. The summed E-state index contributed by atoms with van der Waals surface area (Å²) in [4.78, 5) is 22.6. The van der Waals surface area contributed by atoms with E-state index in [4.69, 9.17) is 5.84 Å². The van der Waals surface area contributed by atoms with Crippen molar-refractivity contribution in [1.29, 1.82) is 0 Å². The average molecular weight is 263 g/mol. The van der Waals surface area contributed by atoms with Gasteiger partial charge < -0.3 is 10.3 Å². The van der Waals surface area contributed by atoms with Crippen LogP contribution in [0.2, 0.25) is 0 Å². The van der Waals surface area contributed by atoms with Gasteiger partial charge in [-0.05, 0) is 19.3 Å². The van der Waals surface area contributed by atoms with Crippen molar-refractivity contribution >= 4 is 11.7 Å². The van der Waals surface area contributed by atoms with Crippen molar-refractivity contribution in [3.8, 4) is 0 Å². The molecular weight excluding hydrogens is 242 g/mol. The first-order chi connectivity index (χ1) is 9.26. The van der Waals surface area contributed by atoms with Gasteiger partial charge in [0.2, 0.25) is 0 Å². The van der Waals surface area contributed by atoms with E-state index in [2.05, 4.69) is 22.3 Å². The third kappa shape index (κ3) is 3.20. The first-order valence-electron chi connectivity index (χ1n) is 6.86. The highest BCUT2D eigenvalue weighted by Crippen LogP contribution is 2.20. The lowest BCUT2D eigenvalue weighted by Crippen LogP contribution is -2.40. The molecule has 1 amide bonds. The quantitative estimate of drug-likeness (QED) is 0.638. The van der Waals surface area contributed by atoms with Crippen LogP contribution in [0.3, 0.4) is 0 Å². The van der Waals surface area contributed by atoms with Gasteiger partial charge in [-0.15, -0.1) is 0 Å². The van der Waals surface area contributed by atoms with E-state index >= 15 is 0 Å². The summed E-state index contributed by atoms with van der Waals surface area (Å²) in [6.45, 7) is 2.94. The van der Waals surface area contributed by atoms with E-state index in [0.717, 1.165) is 25.8 Å². The molecule has 1 aliphatic heterocycles. The third-order valence-corrected chi connectivity index (χ3v) is 3.63. The second kappa shape index (κ2) is 6.47. The number of hydrogen-bond acceptors (Lipinski definition) is 5. The molecule has 0 radical (unpaired) electrons. The Morgan fingerprint density at radius 2 is 2.26 bits per heavy atom. The molecule has 1 saturated heterocycles. The van der Waals surface area contributed by atoms with Crippen LogP contribution >= 0.6 is 0 Å². The van der Waals surface area contributed by atoms with Crippen molar-refractivity contribution in [3.05, 3.63) is 18.1 Å². The number of rotatable bonds is 3. The van der Waals surface area contributed by atoms with E-state index in [1.165, 1.54) is 25.2 Å². The molecule has 6 nitrogen and oxygen atoms in total. The summed E-state index contributed by atoms with van der Waals surface area (Å²) in [5.74, 6) is 5.67. The van der Waals surface area contributed by atoms with Crippen LogP contribution in [0.1, 0.15) is 49.5 Å². The minimum Gasteiger partial charge on any atom is -0.334 e. The number of nitrogens with two attached hydrogens (primary N) is 1. The predicted octanol–water partition coefficient (Wildman–Crippen LogP) is 1.56. The number of aromatic nitrogens is 2. The fourth-order valence-corrected chi connectivity index (χ4v) is 2.53. The molecule has 1 aromatic heterocycles. The fraction of sp³-hybridized carbons (Fsp3) is 0.615. The van der Waals surface area contributed by atoms with Gasteiger partial charge in [0.1, 0.15) is 5.69 Å². The minimum atomic E-state index is -0.0233. The highest BCUT2D eigenvalue weighted by molar-refractivity contribution is 5.92. The Hall–Kier alpha value is -1.69. The Morgan fingerprint density at radius 3 is 2.89 bits per heavy atom. The Morgan fingerprint density at radius 1 is 1.42 bits per heavy atom. The molecule has 0 aliphatic carbocycles. The Bertz CT molecular complexity index is 420. The summed E-state index contributed by atoms with van der Waals surface area (Å²) in [5.41, 5.74) is 2.79. The second-order valence-electron chi connectivity index (χ2n) is 4.84. The average Bonchev–Trinajstić information content (AvgIpc) is 2.71. The molecule has 1 fully saturated rings. The largest absolute Gasteiger partial charge is 0.334 e. The van der Waals surface area contributed by atoms with Gasteiger partial charge >= 0.3 is 0 Å². The molecule has 1 aromatic rings. The zero-order valence-corrected chi connectivity index (χ0v) is 11.3. The molecule has 0 aromatic carbocycles. The summed E-state index contributed by atoms with van der Waals surface area (Å²) in [6.07, 6.45) is 8.49. The summed E-state index contributed by atoms with van der Waals surface area (Å²) >= 11 is 0. The number of carbonyl (C=O) groups excluding carboxylic acids is 1. The predicted molar refractivity (Wildman–Crippen MR) is 73.4 cm³/mol. The number of hydrazine groups is 1. The van der Waals surface area contributed by atoms with Crippen molar-refractivity contribution in [1.82, 2.24) is 14.9 Å². The van der Waals surface area contributed by atoms with E-state index < -0.39 is 0 Å². The smallest absolute Gasteiger partial charge is 0.274 e. The number of nitrogen functional groups attached to an aromatic ring is 1. The Kier molecular flexibility index (Phi) is 4.68. The molecule has 1 unspecified atom stereocenters. The van der Waals surface area contributed by atoms with Crippen LogP contribution < -0.4 is 11.3 Å². The van der Waals surface area contributed by atoms with Crippen LogP contribution in [0.4, 0.5) is 5.82 Å². The second-order valence-corrected chi connectivity index (χ2v) is 4.84. The van der Waals surface area contributed by atoms with E-state index in [1.54, 1.807) is 0 Å². The number of hydrogen-bond donors (Lipinski definition) is 2. The molecular formula is C13H21N5O. The van der Waals surface area contributed by atoms with Gasteiger partial charge in [-0.1, -0.05) is 19.8 Å². The van der Waals surface area contributed by atoms with Crippen LogP contribution in [0, 0.1) is 0 Å². The Balaban J connectivity index is 2.15. The number of nitrogens with one attached hydrogen (secondary N) is 1. The zero-order valence-electron chi connectivity index (χ0n) is 11.3. The van der Waals surface area contributed by atoms with Crippen LogP contribution in [-0.2, 0) is 0 Å². The van der Waals surface area contributed by atoms with E-state index in [0.29, 0.717) is 17.6 Å². The van der Waals surface area contributed by atoms with Crippen molar-refractivity contribution < 1.29 is 4.79 Å². The normalized spacial score (nSPS) is 19.9. The van der Waals surface area contributed by atoms with Gasteiger partial charge in [-0.25, -0.2) is 15.8 Å². The first-order valence-corrected chi connectivity index (χ1v) is 6.86. The maximum absolute atomic E-state index is 12.5. The summed E-state index contributed by atoms with van der Waals surface area (Å²) in [7, 11) is 0. The molecule has 104 valence electrons. The van der Waals surface area contributed by atoms with Crippen LogP contribution in [0.25, 0.3) is 0 Å². The lowest BCUT2D eigenvalue weighted by Gasteiger charge is -2.28. The van der Waals surface area contributed by atoms with E-state index in [-0.39, 0.29) is 5.91 Å². The topological polar surface area (TPSA) is 84.1 Å². The van der Waals surface area contributed by atoms with Crippen LogP contribution in [0.15, 0.2) is 12.4 Å². The summed E-state index contributed by atoms with van der Waals surface area (Å²) in [6, 6.07) is 0.323. The number of amides is 1. The monoisotopic (exact) mass is 263 g/mol. The molecule has 0 saturated carbocycles. The standard InChI is InChI=1S/C13H21N5O/c1-2-10-6-4-3-5-7-18(10)13(19)11-8-16-12(17-14)9-15-11/h8-10H,2-7,14H2,1H3,(H,16,17). The third-order valence-electron chi connectivity index (χ3n) is 3.63. The number of likely N-dealkylation sites (tertiary alicyclic amines) is 1. The molecule has 0 bridgehead atoms. The summed E-state index contributed by atoms with van der Waals surface area (Å²) in [5, 5.41) is 0. The number of carbonyl (C=O) groups is 1. The highest BCUT2D eigenvalue weighted by atomic mass is 16.2. The Labute approximate surface area is 113 Å². The molecule has 2 heterocycles. The SMILES string of the molecule is CCC1CCCCCN1C(=O)c1cnc(NN)cn1. The molecule has 6 heteroatoms. The van der Waals surface area contributed by atoms with E-state index in [1.807, 2.05) is 4.90 Å². The van der Waals surface area contributed by atoms with Gasteiger partial charge in [-0.3, -0.25) is 4.79 Å². The molecule has 3 N–H and O–H groups in total. The van der Waals surface area contributed by atoms with Gasteiger partial charge in [0.15, 0.2) is 5.82 Å². The van der Waals surface area contributed by atoms with E-state index in [9.17, 15) is 4.79 Å². The molecule has 0 spiro atoms. The molecule has 1 atom stereocenters. The minimum absolute atomic E-state index is 0.0233. The van der Waals surface area contributed by atoms with Gasteiger partial charge in [0.05, 0.1) is 12.4 Å². The lowest BCUT2D eigenvalue weighted by molar-refractivity contribution is 0.0671. The van der Waals surface area contributed by atoms with Gasteiger partial charge in [-0.2, -0.15) is 0 Å².